The largest absolute Gasteiger partial charge is 0.317 e. The highest BCUT2D eigenvalue weighted by Crippen LogP contribution is 2.39. The maximum absolute atomic E-state index is 11.9. The molecule has 0 aromatic carbocycles. The molecule has 0 aliphatic heterocycles. The predicted octanol–water partition coefficient (Wildman–Crippen LogP) is 3.73. The molecule has 0 radical (unpaired) electrons. The summed E-state index contributed by atoms with van der Waals surface area (Å²) in [5, 5.41) is 13.0. The van der Waals surface area contributed by atoms with Crippen LogP contribution in [0.2, 0.25) is 0 Å². The molecule has 1 aromatic heterocycles. The Kier molecular flexibility index (Phi) is 4.26. The van der Waals surface area contributed by atoms with Gasteiger partial charge in [-0.3, -0.25) is 4.79 Å². The second-order valence-corrected chi connectivity index (χ2v) is 6.92. The van der Waals surface area contributed by atoms with Crippen LogP contribution in [0.5, 0.6) is 0 Å². The standard InChI is InChI=1S/C15H20N2OS/c1-9(2)6-14(18)17-15-12(8-16)11-5-4-10(3)7-13(11)19-15/h9-10H,4-7H2,1-3H3,(H,17,18)/t10-/m0/s1. The molecule has 4 heteroatoms. The van der Waals surface area contributed by atoms with Crippen molar-refractivity contribution in [2.45, 2.75) is 46.5 Å². The molecule has 19 heavy (non-hydrogen) atoms. The molecule has 102 valence electrons. The zero-order valence-electron chi connectivity index (χ0n) is 11.7. The third-order valence-electron chi connectivity index (χ3n) is 3.47. The highest BCUT2D eigenvalue weighted by Gasteiger charge is 2.24. The van der Waals surface area contributed by atoms with E-state index in [-0.39, 0.29) is 5.91 Å². The molecule has 1 aliphatic rings. The SMILES string of the molecule is CC(C)CC(=O)Nc1sc2c(c1C#N)CC[C@H](C)C2. The van der Waals surface area contributed by atoms with Gasteiger partial charge in [-0.25, -0.2) is 0 Å². The van der Waals surface area contributed by atoms with Crippen molar-refractivity contribution in [3.05, 3.63) is 16.0 Å². The lowest BCUT2D eigenvalue weighted by molar-refractivity contribution is -0.116. The fourth-order valence-electron chi connectivity index (χ4n) is 2.51. The van der Waals surface area contributed by atoms with E-state index < -0.39 is 0 Å². The first-order chi connectivity index (χ1) is 9.01. The molecular weight excluding hydrogens is 256 g/mol. The smallest absolute Gasteiger partial charge is 0.225 e. The molecule has 1 heterocycles. The van der Waals surface area contributed by atoms with Gasteiger partial charge in [-0.2, -0.15) is 5.26 Å². The van der Waals surface area contributed by atoms with Crippen molar-refractivity contribution in [2.75, 3.05) is 5.32 Å². The number of thiophene rings is 1. The van der Waals surface area contributed by atoms with E-state index in [2.05, 4.69) is 18.3 Å². The van der Waals surface area contributed by atoms with Gasteiger partial charge in [0.1, 0.15) is 11.1 Å². The number of hydrogen-bond acceptors (Lipinski definition) is 3. The van der Waals surface area contributed by atoms with Crippen molar-refractivity contribution in [3.8, 4) is 6.07 Å². The first kappa shape index (κ1) is 14.1. The summed E-state index contributed by atoms with van der Waals surface area (Å²) in [5.41, 5.74) is 1.87. The number of rotatable bonds is 3. The number of anilines is 1. The molecule has 0 saturated heterocycles. The summed E-state index contributed by atoms with van der Waals surface area (Å²) in [6, 6.07) is 2.27. The van der Waals surface area contributed by atoms with Crippen LogP contribution in [0.25, 0.3) is 0 Å². The fourth-order valence-corrected chi connectivity index (χ4v) is 3.88. The molecule has 2 rings (SSSR count). The number of nitriles is 1. The lowest BCUT2D eigenvalue weighted by Crippen LogP contribution is -2.13. The van der Waals surface area contributed by atoms with E-state index in [0.29, 0.717) is 23.8 Å². The molecule has 1 aliphatic carbocycles. The Morgan fingerprint density at radius 2 is 2.32 bits per heavy atom. The van der Waals surface area contributed by atoms with Crippen molar-refractivity contribution in [1.82, 2.24) is 0 Å². The maximum atomic E-state index is 11.9. The van der Waals surface area contributed by atoms with Gasteiger partial charge in [0.25, 0.3) is 0 Å². The molecule has 1 amide bonds. The normalized spacial score (nSPS) is 17.9. The van der Waals surface area contributed by atoms with Gasteiger partial charge in [0.05, 0.1) is 5.56 Å². The van der Waals surface area contributed by atoms with Crippen LogP contribution < -0.4 is 5.32 Å². The number of fused-ring (bicyclic) bond motifs is 1. The summed E-state index contributed by atoms with van der Waals surface area (Å²) in [7, 11) is 0. The minimum atomic E-state index is 0.0122. The lowest BCUT2D eigenvalue weighted by atomic mass is 9.88. The molecule has 3 nitrogen and oxygen atoms in total. The van der Waals surface area contributed by atoms with Crippen molar-refractivity contribution >= 4 is 22.2 Å². The Labute approximate surface area is 118 Å². The highest BCUT2D eigenvalue weighted by atomic mass is 32.1. The highest BCUT2D eigenvalue weighted by molar-refractivity contribution is 7.16. The fraction of sp³-hybridized carbons (Fsp3) is 0.600. The van der Waals surface area contributed by atoms with Crippen LogP contribution in [0, 0.1) is 23.2 Å². The zero-order valence-corrected chi connectivity index (χ0v) is 12.6. The quantitative estimate of drug-likeness (QED) is 0.914. The van der Waals surface area contributed by atoms with E-state index in [4.69, 9.17) is 0 Å². The van der Waals surface area contributed by atoms with Crippen LogP contribution in [0.4, 0.5) is 5.00 Å². The average Bonchev–Trinajstić information content (AvgIpc) is 2.63. The predicted molar refractivity (Wildman–Crippen MR) is 78.3 cm³/mol. The van der Waals surface area contributed by atoms with E-state index in [0.717, 1.165) is 24.3 Å². The van der Waals surface area contributed by atoms with Gasteiger partial charge < -0.3 is 5.32 Å². The summed E-state index contributed by atoms with van der Waals surface area (Å²) >= 11 is 1.59. The second kappa shape index (κ2) is 5.75. The molecular formula is C15H20N2OS. The van der Waals surface area contributed by atoms with Crippen molar-refractivity contribution in [2.24, 2.45) is 11.8 Å². The third kappa shape index (κ3) is 3.16. The Hall–Kier alpha value is -1.34. The molecule has 1 aromatic rings. The Balaban J connectivity index is 2.22. The van der Waals surface area contributed by atoms with Crippen molar-refractivity contribution in [3.63, 3.8) is 0 Å². The molecule has 0 fully saturated rings. The van der Waals surface area contributed by atoms with Crippen LogP contribution in [0.3, 0.4) is 0 Å². The van der Waals surface area contributed by atoms with Gasteiger partial charge in [-0.05, 0) is 36.7 Å². The van der Waals surface area contributed by atoms with Crippen LogP contribution in [0.1, 0.15) is 49.6 Å². The second-order valence-electron chi connectivity index (χ2n) is 5.81. The van der Waals surface area contributed by atoms with E-state index in [1.165, 1.54) is 10.4 Å². The van der Waals surface area contributed by atoms with Gasteiger partial charge in [-0.1, -0.05) is 20.8 Å². The van der Waals surface area contributed by atoms with Crippen LogP contribution in [-0.2, 0) is 17.6 Å². The molecule has 0 saturated carbocycles. The molecule has 1 N–H and O–H groups in total. The molecule has 0 bridgehead atoms. The minimum Gasteiger partial charge on any atom is -0.317 e. The van der Waals surface area contributed by atoms with E-state index in [1.807, 2.05) is 13.8 Å². The van der Waals surface area contributed by atoms with Gasteiger partial charge in [0.2, 0.25) is 5.91 Å². The van der Waals surface area contributed by atoms with E-state index in [9.17, 15) is 10.1 Å². The van der Waals surface area contributed by atoms with Gasteiger partial charge >= 0.3 is 0 Å². The lowest BCUT2D eigenvalue weighted by Gasteiger charge is -2.17. The summed E-state index contributed by atoms with van der Waals surface area (Å²) in [6.07, 6.45) is 3.65. The summed E-state index contributed by atoms with van der Waals surface area (Å²) < 4.78 is 0. The number of hydrogen-bond donors (Lipinski definition) is 1. The summed E-state index contributed by atoms with van der Waals surface area (Å²) in [4.78, 5) is 13.1. The van der Waals surface area contributed by atoms with E-state index in [1.54, 1.807) is 11.3 Å². The number of carbonyl (C=O) groups excluding carboxylic acids is 1. The zero-order chi connectivity index (χ0) is 14.0. The van der Waals surface area contributed by atoms with Gasteiger partial charge in [0.15, 0.2) is 0 Å². The topological polar surface area (TPSA) is 52.9 Å². The average molecular weight is 276 g/mol. The van der Waals surface area contributed by atoms with E-state index >= 15 is 0 Å². The van der Waals surface area contributed by atoms with Crippen LogP contribution in [0.15, 0.2) is 0 Å². The third-order valence-corrected chi connectivity index (χ3v) is 4.64. The molecule has 0 spiro atoms. The summed E-state index contributed by atoms with van der Waals surface area (Å²) in [6.45, 7) is 6.28. The van der Waals surface area contributed by atoms with Gasteiger partial charge in [-0.15, -0.1) is 11.3 Å². The van der Waals surface area contributed by atoms with Crippen LogP contribution >= 0.6 is 11.3 Å². The first-order valence-electron chi connectivity index (χ1n) is 6.85. The number of amides is 1. The van der Waals surface area contributed by atoms with Crippen molar-refractivity contribution in [1.29, 1.82) is 5.26 Å². The minimum absolute atomic E-state index is 0.0122. The Bertz CT molecular complexity index is 525. The number of nitrogens with zero attached hydrogens (tertiary/aromatic N) is 1. The Morgan fingerprint density at radius 1 is 1.58 bits per heavy atom. The number of carbonyl (C=O) groups is 1. The monoisotopic (exact) mass is 276 g/mol. The van der Waals surface area contributed by atoms with Gasteiger partial charge in [0, 0.05) is 11.3 Å². The molecule has 1 atom stereocenters. The first-order valence-corrected chi connectivity index (χ1v) is 7.67. The number of nitrogens with one attached hydrogen (secondary N) is 1. The van der Waals surface area contributed by atoms with Crippen LogP contribution in [-0.4, -0.2) is 5.91 Å². The summed E-state index contributed by atoms with van der Waals surface area (Å²) in [5.74, 6) is 1.02. The van der Waals surface area contributed by atoms with Crippen molar-refractivity contribution < 1.29 is 4.79 Å². The molecule has 0 unspecified atom stereocenters. The Morgan fingerprint density at radius 3 is 2.95 bits per heavy atom. The maximum Gasteiger partial charge on any atom is 0.225 e.